The van der Waals surface area contributed by atoms with E-state index in [2.05, 4.69) is 10.1 Å². The third-order valence-corrected chi connectivity index (χ3v) is 2.26. The van der Waals surface area contributed by atoms with Crippen molar-refractivity contribution in [3.8, 4) is 0 Å². The number of hydrogen-bond acceptors (Lipinski definition) is 5. The van der Waals surface area contributed by atoms with Gasteiger partial charge < -0.3 is 14.5 Å². The lowest BCUT2D eigenvalue weighted by Gasteiger charge is -2.29. The van der Waals surface area contributed by atoms with Crippen LogP contribution >= 0.6 is 0 Å². The summed E-state index contributed by atoms with van der Waals surface area (Å²) >= 11 is 0. The summed E-state index contributed by atoms with van der Waals surface area (Å²) in [6.45, 7) is 8.92. The number of amides is 1. The van der Waals surface area contributed by atoms with E-state index in [1.807, 2.05) is 20.8 Å². The molecule has 1 aromatic rings. The first kappa shape index (κ1) is 14.6. The highest BCUT2D eigenvalue weighted by molar-refractivity contribution is 5.90. The Kier molecular flexibility index (Phi) is 4.84. The minimum absolute atomic E-state index is 0.0239. The minimum Gasteiger partial charge on any atom is -0.396 e. The van der Waals surface area contributed by atoms with Gasteiger partial charge in [-0.25, -0.2) is 0 Å². The molecule has 0 fully saturated rings. The third kappa shape index (κ3) is 4.44. The van der Waals surface area contributed by atoms with E-state index in [0.29, 0.717) is 25.4 Å². The van der Waals surface area contributed by atoms with Crippen LogP contribution in [0.2, 0.25) is 0 Å². The number of nitrogens with zero attached hydrogens (tertiary/aromatic N) is 3. The van der Waals surface area contributed by atoms with E-state index in [4.69, 9.17) is 9.63 Å². The molecule has 0 bridgehead atoms. The zero-order valence-electron chi connectivity index (χ0n) is 11.4. The van der Waals surface area contributed by atoms with Gasteiger partial charge in [0.05, 0.1) is 0 Å². The van der Waals surface area contributed by atoms with Crippen LogP contribution in [0, 0.1) is 12.3 Å². The molecule has 6 heteroatoms. The number of carbonyl (C=O) groups is 1. The van der Waals surface area contributed by atoms with Crippen molar-refractivity contribution in [3.05, 3.63) is 11.7 Å². The second-order valence-corrected chi connectivity index (χ2v) is 5.50. The number of aliphatic hydroxyl groups is 1. The summed E-state index contributed by atoms with van der Waals surface area (Å²) in [6, 6.07) is 0. The average molecular weight is 255 g/mol. The van der Waals surface area contributed by atoms with Crippen LogP contribution < -0.4 is 0 Å². The van der Waals surface area contributed by atoms with Crippen molar-refractivity contribution in [3.63, 3.8) is 0 Å². The first-order chi connectivity index (χ1) is 8.33. The van der Waals surface area contributed by atoms with Crippen LogP contribution in [-0.4, -0.2) is 45.8 Å². The van der Waals surface area contributed by atoms with Crippen LogP contribution in [0.1, 0.15) is 43.7 Å². The fourth-order valence-electron chi connectivity index (χ4n) is 1.61. The molecule has 0 radical (unpaired) electrons. The Morgan fingerprint density at radius 1 is 1.44 bits per heavy atom. The van der Waals surface area contributed by atoms with E-state index >= 15 is 0 Å². The van der Waals surface area contributed by atoms with Gasteiger partial charge in [0.15, 0.2) is 0 Å². The highest BCUT2D eigenvalue weighted by Crippen LogP contribution is 2.16. The molecule has 0 aromatic carbocycles. The molecule has 1 aromatic heterocycles. The Morgan fingerprint density at radius 3 is 2.56 bits per heavy atom. The van der Waals surface area contributed by atoms with Crippen LogP contribution in [0.25, 0.3) is 0 Å². The lowest BCUT2D eigenvalue weighted by atomic mass is 9.96. The Bertz CT molecular complexity index is 396. The SMILES string of the molecule is Cc1nc(C(=O)N(CCCO)CC(C)(C)C)no1. The second kappa shape index (κ2) is 5.95. The minimum atomic E-state index is -0.254. The fourth-order valence-corrected chi connectivity index (χ4v) is 1.61. The Labute approximate surface area is 107 Å². The zero-order valence-corrected chi connectivity index (χ0v) is 11.4. The number of rotatable bonds is 5. The number of carbonyl (C=O) groups excluding carboxylic acids is 1. The number of aliphatic hydroxyl groups excluding tert-OH is 1. The second-order valence-electron chi connectivity index (χ2n) is 5.50. The highest BCUT2D eigenvalue weighted by atomic mass is 16.5. The maximum atomic E-state index is 12.2. The summed E-state index contributed by atoms with van der Waals surface area (Å²) in [5, 5.41) is 12.5. The molecule has 0 aliphatic heterocycles. The highest BCUT2D eigenvalue weighted by Gasteiger charge is 2.24. The van der Waals surface area contributed by atoms with Crippen LogP contribution in [-0.2, 0) is 0 Å². The van der Waals surface area contributed by atoms with E-state index < -0.39 is 0 Å². The first-order valence-corrected chi connectivity index (χ1v) is 6.04. The largest absolute Gasteiger partial charge is 0.396 e. The lowest BCUT2D eigenvalue weighted by molar-refractivity contribution is 0.0667. The Morgan fingerprint density at radius 2 is 2.11 bits per heavy atom. The Hall–Kier alpha value is -1.43. The summed E-state index contributed by atoms with van der Waals surface area (Å²) in [5.74, 6) is 0.195. The monoisotopic (exact) mass is 255 g/mol. The van der Waals surface area contributed by atoms with E-state index in [1.165, 1.54) is 0 Å². The quantitative estimate of drug-likeness (QED) is 0.856. The fraction of sp³-hybridized carbons (Fsp3) is 0.750. The maximum absolute atomic E-state index is 12.2. The average Bonchev–Trinajstić information content (AvgIpc) is 2.68. The van der Waals surface area contributed by atoms with Crippen LogP contribution in [0.5, 0.6) is 0 Å². The molecule has 0 aliphatic rings. The standard InChI is InChI=1S/C12H21N3O3/c1-9-13-10(14-18-9)11(17)15(6-5-7-16)8-12(2,3)4/h16H,5-8H2,1-4H3. The third-order valence-electron chi connectivity index (χ3n) is 2.26. The van der Waals surface area contributed by atoms with Gasteiger partial charge in [-0.05, 0) is 11.8 Å². The van der Waals surface area contributed by atoms with Gasteiger partial charge in [0, 0.05) is 26.6 Å². The Balaban J connectivity index is 2.78. The molecule has 1 N–H and O–H groups in total. The van der Waals surface area contributed by atoms with Crippen molar-refractivity contribution in [2.45, 2.75) is 34.1 Å². The predicted molar refractivity (Wildman–Crippen MR) is 66.1 cm³/mol. The van der Waals surface area contributed by atoms with Gasteiger partial charge in [-0.2, -0.15) is 4.98 Å². The van der Waals surface area contributed by atoms with E-state index in [1.54, 1.807) is 11.8 Å². The van der Waals surface area contributed by atoms with Gasteiger partial charge in [-0.3, -0.25) is 4.79 Å². The van der Waals surface area contributed by atoms with E-state index in [-0.39, 0.29) is 23.8 Å². The number of aromatic nitrogens is 2. The molecule has 18 heavy (non-hydrogen) atoms. The van der Waals surface area contributed by atoms with E-state index in [9.17, 15) is 4.79 Å². The number of aryl methyl sites for hydroxylation is 1. The van der Waals surface area contributed by atoms with Crippen molar-refractivity contribution in [1.82, 2.24) is 15.0 Å². The lowest BCUT2D eigenvalue weighted by Crippen LogP contribution is -2.39. The van der Waals surface area contributed by atoms with Gasteiger partial charge in [-0.15, -0.1) is 0 Å². The molecule has 1 amide bonds. The number of hydrogen-bond donors (Lipinski definition) is 1. The molecule has 0 aliphatic carbocycles. The van der Waals surface area contributed by atoms with Gasteiger partial charge in [-0.1, -0.05) is 25.9 Å². The molecule has 102 valence electrons. The predicted octanol–water partition coefficient (Wildman–Crippen LogP) is 1.25. The molecule has 6 nitrogen and oxygen atoms in total. The molecule has 1 rings (SSSR count). The summed E-state index contributed by atoms with van der Waals surface area (Å²) < 4.78 is 4.81. The summed E-state index contributed by atoms with van der Waals surface area (Å²) in [5.41, 5.74) is -0.0239. The van der Waals surface area contributed by atoms with Gasteiger partial charge in [0.1, 0.15) is 0 Å². The van der Waals surface area contributed by atoms with Crippen molar-refractivity contribution < 1.29 is 14.4 Å². The van der Waals surface area contributed by atoms with Crippen LogP contribution in [0.3, 0.4) is 0 Å². The topological polar surface area (TPSA) is 79.5 Å². The van der Waals surface area contributed by atoms with Gasteiger partial charge in [0.25, 0.3) is 11.7 Å². The molecular weight excluding hydrogens is 234 g/mol. The molecule has 0 unspecified atom stereocenters. The zero-order chi connectivity index (χ0) is 13.8. The maximum Gasteiger partial charge on any atom is 0.295 e. The van der Waals surface area contributed by atoms with Gasteiger partial charge in [0.2, 0.25) is 5.89 Å². The normalized spacial score (nSPS) is 11.6. The van der Waals surface area contributed by atoms with Crippen LogP contribution in [0.4, 0.5) is 0 Å². The molecule has 0 spiro atoms. The van der Waals surface area contributed by atoms with Crippen LogP contribution in [0.15, 0.2) is 4.52 Å². The molecular formula is C12H21N3O3. The molecule has 0 saturated carbocycles. The van der Waals surface area contributed by atoms with Crippen molar-refractivity contribution in [1.29, 1.82) is 0 Å². The molecule has 1 heterocycles. The summed E-state index contributed by atoms with van der Waals surface area (Å²) in [7, 11) is 0. The van der Waals surface area contributed by atoms with E-state index in [0.717, 1.165) is 0 Å². The van der Waals surface area contributed by atoms with Crippen molar-refractivity contribution in [2.75, 3.05) is 19.7 Å². The smallest absolute Gasteiger partial charge is 0.295 e. The first-order valence-electron chi connectivity index (χ1n) is 6.04. The van der Waals surface area contributed by atoms with Crippen molar-refractivity contribution >= 4 is 5.91 Å². The molecule has 0 saturated heterocycles. The summed E-state index contributed by atoms with van der Waals surface area (Å²) in [6.07, 6.45) is 0.540. The molecule has 0 atom stereocenters. The van der Waals surface area contributed by atoms with Gasteiger partial charge >= 0.3 is 0 Å². The summed E-state index contributed by atoms with van der Waals surface area (Å²) in [4.78, 5) is 17.8. The van der Waals surface area contributed by atoms with Crippen molar-refractivity contribution in [2.24, 2.45) is 5.41 Å².